The number of benzene rings is 1. The van der Waals surface area contributed by atoms with Gasteiger partial charge < -0.3 is 10.2 Å². The van der Waals surface area contributed by atoms with E-state index < -0.39 is 0 Å². The van der Waals surface area contributed by atoms with Gasteiger partial charge in [-0.3, -0.25) is 9.48 Å². The van der Waals surface area contributed by atoms with Crippen LogP contribution in [0.4, 0.5) is 5.82 Å². The Morgan fingerprint density at radius 3 is 2.65 bits per heavy atom. The first-order valence-electron chi connectivity index (χ1n) is 6.62. The number of aryl methyl sites for hydroxylation is 1. The lowest BCUT2D eigenvalue weighted by Gasteiger charge is -2.23. The molecule has 5 nitrogen and oxygen atoms in total. The number of anilines is 1. The van der Waals surface area contributed by atoms with E-state index in [2.05, 4.69) is 10.4 Å². The normalized spacial score (nSPS) is 11.9. The minimum Gasteiger partial charge on any atom is -0.350 e. The highest BCUT2D eigenvalue weighted by Crippen LogP contribution is 2.11. The Bertz CT molecular complexity index is 564. The Morgan fingerprint density at radius 1 is 1.35 bits per heavy atom. The number of likely N-dealkylation sites (N-methyl/N-ethyl adjacent to an activating group) is 1. The number of hydrogen-bond acceptors (Lipinski definition) is 3. The SMILES string of the molecule is C[C@@H](C(=O)NCc1ccccc1)N(C)c1ccn(C)n1. The molecule has 0 spiro atoms. The lowest BCUT2D eigenvalue weighted by atomic mass is 10.2. The molecular formula is C15H20N4O. The number of rotatable bonds is 5. The summed E-state index contributed by atoms with van der Waals surface area (Å²) < 4.78 is 1.72. The molecule has 1 atom stereocenters. The largest absolute Gasteiger partial charge is 0.350 e. The van der Waals surface area contributed by atoms with Crippen LogP contribution in [0.2, 0.25) is 0 Å². The van der Waals surface area contributed by atoms with Gasteiger partial charge >= 0.3 is 0 Å². The van der Waals surface area contributed by atoms with Crippen LogP contribution in [0.15, 0.2) is 42.6 Å². The molecule has 0 aliphatic rings. The maximum absolute atomic E-state index is 12.2. The third kappa shape index (κ3) is 3.38. The predicted octanol–water partition coefficient (Wildman–Crippen LogP) is 1.56. The van der Waals surface area contributed by atoms with Gasteiger partial charge in [0.15, 0.2) is 5.82 Å². The molecule has 0 aliphatic carbocycles. The average Bonchev–Trinajstić information content (AvgIpc) is 2.91. The number of nitrogens with one attached hydrogen (secondary N) is 1. The minimum atomic E-state index is -0.270. The molecule has 2 aromatic rings. The molecule has 106 valence electrons. The van der Waals surface area contributed by atoms with Crippen molar-refractivity contribution in [3.63, 3.8) is 0 Å². The van der Waals surface area contributed by atoms with Gasteiger partial charge in [-0.2, -0.15) is 5.10 Å². The molecule has 0 saturated heterocycles. The lowest BCUT2D eigenvalue weighted by Crippen LogP contribution is -2.43. The topological polar surface area (TPSA) is 50.2 Å². The molecule has 1 aromatic carbocycles. The van der Waals surface area contributed by atoms with Crippen molar-refractivity contribution >= 4 is 11.7 Å². The van der Waals surface area contributed by atoms with Crippen LogP contribution in [-0.2, 0) is 18.4 Å². The van der Waals surface area contributed by atoms with E-state index >= 15 is 0 Å². The van der Waals surface area contributed by atoms with Crippen LogP contribution in [-0.4, -0.2) is 28.8 Å². The fraction of sp³-hybridized carbons (Fsp3) is 0.333. The van der Waals surface area contributed by atoms with E-state index in [1.807, 2.05) is 68.5 Å². The van der Waals surface area contributed by atoms with Crippen LogP contribution in [0.25, 0.3) is 0 Å². The highest BCUT2D eigenvalue weighted by atomic mass is 16.2. The summed E-state index contributed by atoms with van der Waals surface area (Å²) in [6.07, 6.45) is 1.86. The van der Waals surface area contributed by atoms with Gasteiger partial charge in [0.25, 0.3) is 0 Å². The van der Waals surface area contributed by atoms with Crippen molar-refractivity contribution in [1.29, 1.82) is 0 Å². The first-order valence-corrected chi connectivity index (χ1v) is 6.62. The van der Waals surface area contributed by atoms with Gasteiger partial charge in [-0.25, -0.2) is 0 Å². The van der Waals surface area contributed by atoms with Crippen molar-refractivity contribution in [3.8, 4) is 0 Å². The molecule has 1 heterocycles. The second-order valence-electron chi connectivity index (χ2n) is 4.84. The van der Waals surface area contributed by atoms with Crippen LogP contribution in [0.5, 0.6) is 0 Å². The van der Waals surface area contributed by atoms with Crippen LogP contribution in [0.1, 0.15) is 12.5 Å². The molecule has 1 amide bonds. The third-order valence-electron chi connectivity index (χ3n) is 3.33. The maximum Gasteiger partial charge on any atom is 0.242 e. The summed E-state index contributed by atoms with van der Waals surface area (Å²) in [6, 6.07) is 11.5. The molecule has 5 heteroatoms. The Hall–Kier alpha value is -2.30. The molecular weight excluding hydrogens is 252 g/mol. The van der Waals surface area contributed by atoms with Gasteiger partial charge in [-0.1, -0.05) is 30.3 Å². The zero-order valence-electron chi connectivity index (χ0n) is 12.1. The fourth-order valence-electron chi connectivity index (χ4n) is 1.90. The maximum atomic E-state index is 12.2. The Kier molecular flexibility index (Phi) is 4.40. The van der Waals surface area contributed by atoms with Crippen LogP contribution >= 0.6 is 0 Å². The second-order valence-corrected chi connectivity index (χ2v) is 4.84. The molecule has 1 aromatic heterocycles. The number of carbonyl (C=O) groups excluding carboxylic acids is 1. The Balaban J connectivity index is 1.91. The summed E-state index contributed by atoms with van der Waals surface area (Å²) in [5, 5.41) is 7.24. The van der Waals surface area contributed by atoms with Crippen molar-refractivity contribution in [2.75, 3.05) is 11.9 Å². The zero-order valence-corrected chi connectivity index (χ0v) is 12.1. The summed E-state index contributed by atoms with van der Waals surface area (Å²) >= 11 is 0. The first-order chi connectivity index (χ1) is 9.58. The molecule has 0 saturated carbocycles. The van der Waals surface area contributed by atoms with Crippen LogP contribution in [0, 0.1) is 0 Å². The molecule has 0 unspecified atom stereocenters. The number of carbonyl (C=O) groups is 1. The van der Waals surface area contributed by atoms with Gasteiger partial charge in [-0.05, 0) is 12.5 Å². The standard InChI is InChI=1S/C15H20N4O/c1-12(19(3)14-9-10-18(2)17-14)15(20)16-11-13-7-5-4-6-8-13/h4-10,12H,11H2,1-3H3,(H,16,20)/t12-/m0/s1. The van der Waals surface area contributed by atoms with Crippen molar-refractivity contribution < 1.29 is 4.79 Å². The molecule has 2 rings (SSSR count). The van der Waals surface area contributed by atoms with E-state index in [1.54, 1.807) is 4.68 Å². The van der Waals surface area contributed by atoms with Crippen molar-refractivity contribution in [2.45, 2.75) is 19.5 Å². The van der Waals surface area contributed by atoms with Crippen molar-refractivity contribution in [2.24, 2.45) is 7.05 Å². The number of hydrogen-bond donors (Lipinski definition) is 1. The van der Waals surface area contributed by atoms with Gasteiger partial charge in [-0.15, -0.1) is 0 Å². The van der Waals surface area contributed by atoms with Gasteiger partial charge in [0.2, 0.25) is 5.91 Å². The fourth-order valence-corrected chi connectivity index (χ4v) is 1.90. The highest BCUT2D eigenvalue weighted by Gasteiger charge is 2.19. The smallest absolute Gasteiger partial charge is 0.242 e. The second kappa shape index (κ2) is 6.23. The molecule has 0 fully saturated rings. The number of nitrogens with zero attached hydrogens (tertiary/aromatic N) is 3. The van der Waals surface area contributed by atoms with E-state index in [0.717, 1.165) is 11.4 Å². The molecule has 1 N–H and O–H groups in total. The molecule has 20 heavy (non-hydrogen) atoms. The van der Waals surface area contributed by atoms with E-state index in [0.29, 0.717) is 6.54 Å². The van der Waals surface area contributed by atoms with Gasteiger partial charge in [0.05, 0.1) is 0 Å². The summed E-state index contributed by atoms with van der Waals surface area (Å²) in [5.41, 5.74) is 1.09. The minimum absolute atomic E-state index is 0.0120. The van der Waals surface area contributed by atoms with E-state index in [1.165, 1.54) is 0 Å². The number of amides is 1. The summed E-state index contributed by atoms with van der Waals surface area (Å²) in [6.45, 7) is 2.41. The molecule has 0 radical (unpaired) electrons. The van der Waals surface area contributed by atoms with E-state index in [9.17, 15) is 4.79 Å². The quantitative estimate of drug-likeness (QED) is 0.898. The third-order valence-corrected chi connectivity index (χ3v) is 3.33. The highest BCUT2D eigenvalue weighted by molar-refractivity contribution is 5.84. The average molecular weight is 272 g/mol. The van der Waals surface area contributed by atoms with Gasteiger partial charge in [0.1, 0.15) is 6.04 Å². The van der Waals surface area contributed by atoms with Crippen LogP contribution in [0.3, 0.4) is 0 Å². The summed E-state index contributed by atoms with van der Waals surface area (Å²) in [5.74, 6) is 0.775. The Morgan fingerprint density at radius 2 is 2.05 bits per heavy atom. The summed E-state index contributed by atoms with van der Waals surface area (Å²) in [7, 11) is 3.73. The molecule has 0 bridgehead atoms. The van der Waals surface area contributed by atoms with Crippen molar-refractivity contribution in [3.05, 3.63) is 48.2 Å². The zero-order chi connectivity index (χ0) is 14.5. The monoisotopic (exact) mass is 272 g/mol. The summed E-state index contributed by atoms with van der Waals surface area (Å²) in [4.78, 5) is 14.0. The van der Waals surface area contributed by atoms with Crippen LogP contribution < -0.4 is 10.2 Å². The first kappa shape index (κ1) is 14.1. The molecule has 0 aliphatic heterocycles. The number of aromatic nitrogens is 2. The van der Waals surface area contributed by atoms with Crippen molar-refractivity contribution in [1.82, 2.24) is 15.1 Å². The van der Waals surface area contributed by atoms with Gasteiger partial charge in [0, 0.05) is 32.9 Å². The van der Waals surface area contributed by atoms with E-state index in [4.69, 9.17) is 0 Å². The van der Waals surface area contributed by atoms with E-state index in [-0.39, 0.29) is 11.9 Å². The predicted molar refractivity (Wildman–Crippen MR) is 79.4 cm³/mol. The lowest BCUT2D eigenvalue weighted by molar-refractivity contribution is -0.122. The Labute approximate surface area is 119 Å².